The second kappa shape index (κ2) is 7.22. The fraction of sp³-hybridized carbons (Fsp3) is 0.600. The van der Waals surface area contributed by atoms with Crippen LogP contribution in [-0.4, -0.2) is 35.7 Å². The van der Waals surface area contributed by atoms with E-state index in [0.717, 1.165) is 4.90 Å². The Bertz CT molecular complexity index is 332. The standard InChI is InChI=1S/C10H16N4O3/c1-2-3-7(4-11)10(17)14(5-8(12)15)6-9(13)16/h7H,2-3,5-6H2,1H3,(H2,12,15)(H2,13,16). The first-order valence-electron chi connectivity index (χ1n) is 5.17. The zero-order valence-corrected chi connectivity index (χ0v) is 9.68. The molecule has 0 spiro atoms. The molecule has 94 valence electrons. The summed E-state index contributed by atoms with van der Waals surface area (Å²) in [7, 11) is 0. The fourth-order valence-electron chi connectivity index (χ4n) is 1.34. The lowest BCUT2D eigenvalue weighted by Gasteiger charge is -2.21. The van der Waals surface area contributed by atoms with E-state index in [4.69, 9.17) is 16.7 Å². The molecule has 0 rings (SSSR count). The molecule has 17 heavy (non-hydrogen) atoms. The predicted octanol–water partition coefficient (Wildman–Crippen LogP) is -1.27. The second-order valence-electron chi connectivity index (χ2n) is 3.60. The third-order valence-electron chi connectivity index (χ3n) is 2.04. The minimum Gasteiger partial charge on any atom is -0.368 e. The van der Waals surface area contributed by atoms with Crippen LogP contribution < -0.4 is 11.5 Å². The highest BCUT2D eigenvalue weighted by atomic mass is 16.2. The minimum absolute atomic E-state index is 0.364. The van der Waals surface area contributed by atoms with Gasteiger partial charge in [-0.15, -0.1) is 0 Å². The molecule has 0 heterocycles. The molecule has 1 unspecified atom stereocenters. The van der Waals surface area contributed by atoms with Crippen LogP contribution in [0.25, 0.3) is 0 Å². The van der Waals surface area contributed by atoms with Gasteiger partial charge in [0, 0.05) is 0 Å². The Morgan fingerprint density at radius 1 is 1.24 bits per heavy atom. The van der Waals surface area contributed by atoms with Crippen molar-refractivity contribution in [2.45, 2.75) is 19.8 Å². The van der Waals surface area contributed by atoms with Gasteiger partial charge in [-0.3, -0.25) is 14.4 Å². The first-order chi connectivity index (χ1) is 7.92. The molecule has 0 saturated carbocycles. The van der Waals surface area contributed by atoms with Crippen molar-refractivity contribution in [2.75, 3.05) is 13.1 Å². The molecule has 1 atom stereocenters. The third kappa shape index (κ3) is 5.51. The summed E-state index contributed by atoms with van der Waals surface area (Å²) >= 11 is 0. The molecular formula is C10H16N4O3. The maximum absolute atomic E-state index is 11.8. The molecule has 4 N–H and O–H groups in total. The van der Waals surface area contributed by atoms with Gasteiger partial charge in [-0.25, -0.2) is 0 Å². The number of nitrogens with zero attached hydrogens (tertiary/aromatic N) is 2. The zero-order valence-electron chi connectivity index (χ0n) is 9.68. The summed E-state index contributed by atoms with van der Waals surface area (Å²) in [6.45, 7) is 0.997. The molecule has 0 aromatic carbocycles. The molecule has 0 aliphatic carbocycles. The van der Waals surface area contributed by atoms with Gasteiger partial charge in [-0.1, -0.05) is 13.3 Å². The Morgan fingerprint density at radius 3 is 2.00 bits per heavy atom. The average molecular weight is 240 g/mol. The van der Waals surface area contributed by atoms with E-state index in [1.807, 2.05) is 13.0 Å². The number of carbonyl (C=O) groups is 3. The summed E-state index contributed by atoms with van der Waals surface area (Å²) in [5.74, 6) is -2.98. The van der Waals surface area contributed by atoms with E-state index < -0.39 is 36.7 Å². The summed E-state index contributed by atoms with van der Waals surface area (Å²) in [5.41, 5.74) is 9.91. The molecule has 0 saturated heterocycles. The maximum Gasteiger partial charge on any atom is 0.240 e. The number of hydrogen-bond donors (Lipinski definition) is 2. The monoisotopic (exact) mass is 240 g/mol. The van der Waals surface area contributed by atoms with Crippen LogP contribution in [0.4, 0.5) is 0 Å². The normalized spacial score (nSPS) is 11.3. The van der Waals surface area contributed by atoms with Gasteiger partial charge >= 0.3 is 0 Å². The molecular weight excluding hydrogens is 224 g/mol. The van der Waals surface area contributed by atoms with E-state index in [9.17, 15) is 14.4 Å². The Hall–Kier alpha value is -2.10. The van der Waals surface area contributed by atoms with E-state index in [-0.39, 0.29) is 0 Å². The number of nitrogens with two attached hydrogens (primary N) is 2. The topological polar surface area (TPSA) is 130 Å². The van der Waals surface area contributed by atoms with Gasteiger partial charge in [-0.05, 0) is 6.42 Å². The van der Waals surface area contributed by atoms with Gasteiger partial charge < -0.3 is 16.4 Å². The van der Waals surface area contributed by atoms with Crippen LogP contribution in [0.1, 0.15) is 19.8 Å². The second-order valence-corrected chi connectivity index (χ2v) is 3.60. The first kappa shape index (κ1) is 14.9. The van der Waals surface area contributed by atoms with Crippen LogP contribution in [0.15, 0.2) is 0 Å². The molecule has 0 aliphatic heterocycles. The first-order valence-corrected chi connectivity index (χ1v) is 5.17. The summed E-state index contributed by atoms with van der Waals surface area (Å²) < 4.78 is 0. The molecule has 0 bridgehead atoms. The van der Waals surface area contributed by atoms with Gasteiger partial charge in [0.05, 0.1) is 19.2 Å². The number of amides is 3. The third-order valence-corrected chi connectivity index (χ3v) is 2.04. The molecule has 7 heteroatoms. The van der Waals surface area contributed by atoms with Crippen LogP contribution in [0.3, 0.4) is 0 Å². The number of primary amides is 2. The number of hydrogen-bond acceptors (Lipinski definition) is 4. The van der Waals surface area contributed by atoms with Crippen LogP contribution in [0.5, 0.6) is 0 Å². The predicted molar refractivity (Wildman–Crippen MR) is 59.0 cm³/mol. The van der Waals surface area contributed by atoms with Gasteiger partial charge in [0.25, 0.3) is 0 Å². The summed E-state index contributed by atoms with van der Waals surface area (Å²) in [5, 5.41) is 8.81. The molecule has 0 radical (unpaired) electrons. The van der Waals surface area contributed by atoms with Crippen molar-refractivity contribution in [3.8, 4) is 6.07 Å². The highest BCUT2D eigenvalue weighted by molar-refractivity contribution is 5.90. The van der Waals surface area contributed by atoms with Crippen molar-refractivity contribution in [3.05, 3.63) is 0 Å². The average Bonchev–Trinajstić information content (AvgIpc) is 2.22. The van der Waals surface area contributed by atoms with Crippen molar-refractivity contribution in [2.24, 2.45) is 17.4 Å². The molecule has 0 fully saturated rings. The van der Waals surface area contributed by atoms with Gasteiger partial charge in [0.2, 0.25) is 17.7 Å². The SMILES string of the molecule is CCCC(C#N)C(=O)N(CC(N)=O)CC(N)=O. The lowest BCUT2D eigenvalue weighted by Crippen LogP contribution is -2.45. The van der Waals surface area contributed by atoms with E-state index in [2.05, 4.69) is 0 Å². The molecule has 0 aromatic rings. The van der Waals surface area contributed by atoms with Gasteiger partial charge in [0.15, 0.2) is 0 Å². The minimum atomic E-state index is -0.876. The maximum atomic E-state index is 11.8. The van der Waals surface area contributed by atoms with Crippen LogP contribution in [-0.2, 0) is 14.4 Å². The number of carbonyl (C=O) groups excluding carboxylic acids is 3. The smallest absolute Gasteiger partial charge is 0.240 e. The number of nitriles is 1. The summed E-state index contributed by atoms with van der Waals surface area (Å²) in [4.78, 5) is 34.2. The van der Waals surface area contributed by atoms with E-state index in [1.54, 1.807) is 0 Å². The van der Waals surface area contributed by atoms with Crippen molar-refractivity contribution >= 4 is 17.7 Å². The fourth-order valence-corrected chi connectivity index (χ4v) is 1.34. The van der Waals surface area contributed by atoms with Crippen LogP contribution >= 0.6 is 0 Å². The number of rotatable bonds is 7. The largest absolute Gasteiger partial charge is 0.368 e. The van der Waals surface area contributed by atoms with Crippen LogP contribution in [0.2, 0.25) is 0 Å². The Balaban J connectivity index is 4.77. The Kier molecular flexibility index (Phi) is 6.33. The van der Waals surface area contributed by atoms with Crippen molar-refractivity contribution in [1.29, 1.82) is 5.26 Å². The molecule has 3 amide bonds. The van der Waals surface area contributed by atoms with E-state index >= 15 is 0 Å². The summed E-state index contributed by atoms with van der Waals surface area (Å²) in [6.07, 6.45) is 1.01. The van der Waals surface area contributed by atoms with Gasteiger partial charge in [0.1, 0.15) is 5.92 Å². The lowest BCUT2D eigenvalue weighted by molar-refractivity contribution is -0.140. The Morgan fingerprint density at radius 2 is 1.71 bits per heavy atom. The van der Waals surface area contributed by atoms with E-state index in [1.165, 1.54) is 0 Å². The Labute approximate surface area is 99.3 Å². The quantitative estimate of drug-likeness (QED) is 0.574. The van der Waals surface area contributed by atoms with Crippen molar-refractivity contribution in [3.63, 3.8) is 0 Å². The van der Waals surface area contributed by atoms with Crippen LogP contribution in [0, 0.1) is 17.2 Å². The van der Waals surface area contributed by atoms with Crippen molar-refractivity contribution in [1.82, 2.24) is 4.90 Å². The zero-order chi connectivity index (χ0) is 13.4. The molecule has 7 nitrogen and oxygen atoms in total. The molecule has 0 aliphatic rings. The summed E-state index contributed by atoms with van der Waals surface area (Å²) in [6, 6.07) is 1.83. The highest BCUT2D eigenvalue weighted by Gasteiger charge is 2.25. The molecule has 0 aromatic heterocycles. The van der Waals surface area contributed by atoms with Crippen molar-refractivity contribution < 1.29 is 14.4 Å². The lowest BCUT2D eigenvalue weighted by atomic mass is 10.0. The van der Waals surface area contributed by atoms with Gasteiger partial charge in [-0.2, -0.15) is 5.26 Å². The highest BCUT2D eigenvalue weighted by Crippen LogP contribution is 2.09. The van der Waals surface area contributed by atoms with E-state index in [0.29, 0.717) is 12.8 Å².